The van der Waals surface area contributed by atoms with Crippen LogP contribution < -0.4 is 10.5 Å². The Balaban J connectivity index is 2.93. The number of ether oxygens (including phenoxy) is 2. The van der Waals surface area contributed by atoms with Crippen LogP contribution in [0.4, 0.5) is 0 Å². The van der Waals surface area contributed by atoms with Crippen LogP contribution in [-0.2, 0) is 4.74 Å². The normalized spacial score (nSPS) is 13.1. The van der Waals surface area contributed by atoms with E-state index in [0.717, 1.165) is 11.4 Å². The second kappa shape index (κ2) is 5.86. The average Bonchev–Trinajstić information content (AvgIpc) is 2.69. The van der Waals surface area contributed by atoms with Gasteiger partial charge < -0.3 is 15.2 Å². The van der Waals surface area contributed by atoms with E-state index in [0.29, 0.717) is 13.2 Å². The Hall–Kier alpha value is -1.07. The smallest absolute Gasteiger partial charge is 0.161 e. The van der Waals surface area contributed by atoms with Crippen molar-refractivity contribution >= 4 is 0 Å². The van der Waals surface area contributed by atoms with Gasteiger partial charge in [0.05, 0.1) is 31.6 Å². The molecule has 0 aliphatic heterocycles. The van der Waals surface area contributed by atoms with E-state index in [1.54, 1.807) is 13.3 Å². The summed E-state index contributed by atoms with van der Waals surface area (Å²) in [5.74, 6) is 0.723. The van der Waals surface area contributed by atoms with Crippen molar-refractivity contribution in [3.05, 3.63) is 11.9 Å². The zero-order valence-corrected chi connectivity index (χ0v) is 10.4. The van der Waals surface area contributed by atoms with Crippen LogP contribution in [0.25, 0.3) is 0 Å². The minimum absolute atomic E-state index is 0.209. The van der Waals surface area contributed by atoms with Gasteiger partial charge in [0, 0.05) is 12.6 Å². The van der Waals surface area contributed by atoms with E-state index < -0.39 is 0 Å². The van der Waals surface area contributed by atoms with E-state index in [2.05, 4.69) is 18.9 Å². The first-order valence-electron chi connectivity index (χ1n) is 5.56. The van der Waals surface area contributed by atoms with Gasteiger partial charge in [-0.3, -0.25) is 4.68 Å². The Kier molecular flexibility index (Phi) is 4.76. The average molecular weight is 227 g/mol. The van der Waals surface area contributed by atoms with Gasteiger partial charge in [0.2, 0.25) is 0 Å². The Morgan fingerprint density at radius 2 is 2.19 bits per heavy atom. The topological polar surface area (TPSA) is 62.3 Å². The van der Waals surface area contributed by atoms with Crippen LogP contribution in [0.3, 0.4) is 0 Å². The molecule has 5 heteroatoms. The molecule has 5 nitrogen and oxygen atoms in total. The fraction of sp³-hybridized carbons (Fsp3) is 0.727. The van der Waals surface area contributed by atoms with Crippen LogP contribution in [0.2, 0.25) is 0 Å². The molecule has 1 heterocycles. The van der Waals surface area contributed by atoms with Gasteiger partial charge in [0.25, 0.3) is 0 Å². The van der Waals surface area contributed by atoms with Gasteiger partial charge in [-0.15, -0.1) is 0 Å². The zero-order chi connectivity index (χ0) is 12.1. The number of aromatic nitrogens is 2. The van der Waals surface area contributed by atoms with Crippen LogP contribution in [0.5, 0.6) is 5.75 Å². The first-order valence-corrected chi connectivity index (χ1v) is 5.56. The first kappa shape index (κ1) is 13.0. The molecule has 1 aromatic rings. The third-order valence-corrected chi connectivity index (χ3v) is 2.36. The van der Waals surface area contributed by atoms with Crippen molar-refractivity contribution in [3.63, 3.8) is 0 Å². The Labute approximate surface area is 96.5 Å². The molecule has 0 amide bonds. The molecule has 1 atom stereocenters. The predicted octanol–water partition coefficient (Wildman–Crippen LogP) is 1.51. The number of methoxy groups -OCH3 is 1. The molecule has 1 aromatic heterocycles. The highest BCUT2D eigenvalue weighted by atomic mass is 16.5. The van der Waals surface area contributed by atoms with Gasteiger partial charge in [-0.1, -0.05) is 0 Å². The van der Waals surface area contributed by atoms with Crippen molar-refractivity contribution in [2.45, 2.75) is 32.9 Å². The lowest BCUT2D eigenvalue weighted by Crippen LogP contribution is -2.22. The van der Waals surface area contributed by atoms with Gasteiger partial charge in [-0.25, -0.2) is 0 Å². The summed E-state index contributed by atoms with van der Waals surface area (Å²) >= 11 is 0. The van der Waals surface area contributed by atoms with Crippen molar-refractivity contribution in [2.24, 2.45) is 5.73 Å². The van der Waals surface area contributed by atoms with E-state index in [1.165, 1.54) is 0 Å². The standard InChI is InChI=1S/C11H21N3O2/c1-5-16-7-9(12)11-10(15-4)6-13-14(11)8(2)3/h6,8-9H,5,7,12H2,1-4H3. The van der Waals surface area contributed by atoms with E-state index in [9.17, 15) is 0 Å². The van der Waals surface area contributed by atoms with Gasteiger partial charge in [-0.05, 0) is 20.8 Å². The molecule has 1 unspecified atom stereocenters. The monoisotopic (exact) mass is 227 g/mol. The minimum atomic E-state index is -0.209. The van der Waals surface area contributed by atoms with Gasteiger partial charge >= 0.3 is 0 Å². The Morgan fingerprint density at radius 3 is 2.69 bits per heavy atom. The molecule has 0 bridgehead atoms. The molecule has 0 fully saturated rings. The van der Waals surface area contributed by atoms with Crippen LogP contribution in [0.1, 0.15) is 38.5 Å². The van der Waals surface area contributed by atoms with Gasteiger partial charge in [0.15, 0.2) is 5.75 Å². The molecule has 2 N–H and O–H groups in total. The third-order valence-electron chi connectivity index (χ3n) is 2.36. The molecule has 0 saturated carbocycles. The minimum Gasteiger partial charge on any atom is -0.493 e. The molecule has 1 rings (SSSR count). The lowest BCUT2D eigenvalue weighted by atomic mass is 10.2. The molecule has 0 aliphatic rings. The number of rotatable bonds is 6. The van der Waals surface area contributed by atoms with Crippen LogP contribution in [0, 0.1) is 0 Å². The molecule has 0 spiro atoms. The quantitative estimate of drug-likeness (QED) is 0.800. The molecular formula is C11H21N3O2. The highest BCUT2D eigenvalue weighted by Gasteiger charge is 2.20. The fourth-order valence-electron chi connectivity index (χ4n) is 1.60. The van der Waals surface area contributed by atoms with Crippen molar-refractivity contribution in [3.8, 4) is 5.75 Å². The van der Waals surface area contributed by atoms with Gasteiger partial charge in [0.1, 0.15) is 0 Å². The summed E-state index contributed by atoms with van der Waals surface area (Å²) in [5.41, 5.74) is 6.97. The maximum atomic E-state index is 6.07. The van der Waals surface area contributed by atoms with Crippen molar-refractivity contribution in [1.82, 2.24) is 9.78 Å². The van der Waals surface area contributed by atoms with Crippen LogP contribution >= 0.6 is 0 Å². The van der Waals surface area contributed by atoms with Crippen molar-refractivity contribution in [1.29, 1.82) is 0 Å². The second-order valence-corrected chi connectivity index (χ2v) is 3.90. The summed E-state index contributed by atoms with van der Waals surface area (Å²) in [6.45, 7) is 7.20. The molecule has 0 saturated heterocycles. The summed E-state index contributed by atoms with van der Waals surface area (Å²) in [5, 5.41) is 4.27. The Bertz CT molecular complexity index is 323. The third kappa shape index (κ3) is 2.74. The van der Waals surface area contributed by atoms with Crippen LogP contribution in [-0.4, -0.2) is 30.1 Å². The van der Waals surface area contributed by atoms with Crippen molar-refractivity contribution in [2.75, 3.05) is 20.3 Å². The number of hydrogen-bond donors (Lipinski definition) is 1. The lowest BCUT2D eigenvalue weighted by molar-refractivity contribution is 0.130. The second-order valence-electron chi connectivity index (χ2n) is 3.90. The summed E-state index contributed by atoms with van der Waals surface area (Å²) in [4.78, 5) is 0. The van der Waals surface area contributed by atoms with E-state index >= 15 is 0 Å². The van der Waals surface area contributed by atoms with Gasteiger partial charge in [-0.2, -0.15) is 5.10 Å². The molecule has 0 aromatic carbocycles. The lowest BCUT2D eigenvalue weighted by Gasteiger charge is -2.17. The number of nitrogens with two attached hydrogens (primary N) is 1. The highest BCUT2D eigenvalue weighted by Crippen LogP contribution is 2.26. The molecule has 0 aliphatic carbocycles. The molecular weight excluding hydrogens is 206 g/mol. The summed E-state index contributed by atoms with van der Waals surface area (Å²) in [6, 6.07) is 0.0476. The highest BCUT2D eigenvalue weighted by molar-refractivity contribution is 5.28. The molecule has 0 radical (unpaired) electrons. The number of hydrogen-bond acceptors (Lipinski definition) is 4. The predicted molar refractivity (Wildman–Crippen MR) is 62.6 cm³/mol. The van der Waals surface area contributed by atoms with Crippen LogP contribution in [0.15, 0.2) is 6.20 Å². The van der Waals surface area contributed by atoms with E-state index in [1.807, 2.05) is 11.6 Å². The number of nitrogens with zero attached hydrogens (tertiary/aromatic N) is 2. The largest absolute Gasteiger partial charge is 0.493 e. The maximum Gasteiger partial charge on any atom is 0.161 e. The Morgan fingerprint density at radius 1 is 1.50 bits per heavy atom. The molecule has 92 valence electrons. The maximum absolute atomic E-state index is 6.07. The SMILES string of the molecule is CCOCC(N)c1c(OC)cnn1C(C)C. The summed E-state index contributed by atoms with van der Waals surface area (Å²) < 4.78 is 12.5. The fourth-order valence-corrected chi connectivity index (χ4v) is 1.60. The zero-order valence-electron chi connectivity index (χ0n) is 10.4. The van der Waals surface area contributed by atoms with E-state index in [4.69, 9.17) is 15.2 Å². The molecule has 16 heavy (non-hydrogen) atoms. The summed E-state index contributed by atoms with van der Waals surface area (Å²) in [7, 11) is 1.62. The summed E-state index contributed by atoms with van der Waals surface area (Å²) in [6.07, 6.45) is 1.70. The first-order chi connectivity index (χ1) is 7.61. The van der Waals surface area contributed by atoms with E-state index in [-0.39, 0.29) is 12.1 Å². The van der Waals surface area contributed by atoms with Crippen molar-refractivity contribution < 1.29 is 9.47 Å².